The van der Waals surface area contributed by atoms with Crippen LogP contribution in [-0.2, 0) is 4.79 Å². The predicted octanol–water partition coefficient (Wildman–Crippen LogP) is 0.668. The van der Waals surface area contributed by atoms with E-state index in [4.69, 9.17) is 10.2 Å². The van der Waals surface area contributed by atoms with Gasteiger partial charge in [0.1, 0.15) is 6.04 Å². The topological polar surface area (TPSA) is 89.9 Å². The molecular weight excluding hydrogens is 236 g/mol. The number of benzene rings is 1. The van der Waals surface area contributed by atoms with Crippen LogP contribution in [0.3, 0.4) is 0 Å². The second kappa shape index (κ2) is 6.61. The minimum atomic E-state index is -1.17. The summed E-state index contributed by atoms with van der Waals surface area (Å²) in [6, 6.07) is 7.24. The Hall–Kier alpha value is -2.08. The van der Waals surface area contributed by atoms with Crippen molar-refractivity contribution in [1.29, 1.82) is 0 Å². The average molecular weight is 252 g/mol. The third-order valence-corrected chi connectivity index (χ3v) is 2.46. The molecule has 1 atom stereocenters. The standard InChI is InChI=1S/C12H16N2O4/c1-14(9-5-3-2-4-6-9)12(18)13-10(7-8-15)11(16)17/h2-6,10,15H,7-8H2,1H3,(H,13,18)(H,16,17). The Kier molecular flexibility index (Phi) is 5.13. The van der Waals surface area contributed by atoms with E-state index in [1.54, 1.807) is 31.3 Å². The number of aliphatic hydroxyl groups is 1. The fourth-order valence-corrected chi connectivity index (χ4v) is 1.40. The van der Waals surface area contributed by atoms with Crippen LogP contribution >= 0.6 is 0 Å². The molecule has 0 radical (unpaired) electrons. The first-order chi connectivity index (χ1) is 8.56. The van der Waals surface area contributed by atoms with E-state index in [-0.39, 0.29) is 13.0 Å². The minimum Gasteiger partial charge on any atom is -0.480 e. The molecule has 0 bridgehead atoms. The number of anilines is 1. The van der Waals surface area contributed by atoms with Gasteiger partial charge < -0.3 is 15.5 Å². The van der Waals surface area contributed by atoms with Crippen LogP contribution in [0, 0.1) is 0 Å². The number of aliphatic hydroxyl groups excluding tert-OH is 1. The van der Waals surface area contributed by atoms with Crippen LogP contribution in [0.15, 0.2) is 30.3 Å². The van der Waals surface area contributed by atoms with Gasteiger partial charge in [-0.1, -0.05) is 18.2 Å². The molecule has 0 aliphatic rings. The molecule has 0 aliphatic carbocycles. The number of urea groups is 1. The third kappa shape index (κ3) is 3.74. The van der Waals surface area contributed by atoms with Crippen LogP contribution < -0.4 is 10.2 Å². The van der Waals surface area contributed by atoms with Crippen molar-refractivity contribution in [3.63, 3.8) is 0 Å². The van der Waals surface area contributed by atoms with Gasteiger partial charge in [0, 0.05) is 25.8 Å². The number of amides is 2. The molecule has 0 saturated carbocycles. The SMILES string of the molecule is CN(C(=O)NC(CCO)C(=O)O)c1ccccc1. The van der Waals surface area contributed by atoms with Crippen LogP contribution in [0.1, 0.15) is 6.42 Å². The molecule has 6 nitrogen and oxygen atoms in total. The van der Waals surface area contributed by atoms with Gasteiger partial charge in [0.2, 0.25) is 0 Å². The first-order valence-corrected chi connectivity index (χ1v) is 5.49. The summed E-state index contributed by atoms with van der Waals surface area (Å²) in [5.74, 6) is -1.17. The molecule has 0 aliphatic heterocycles. The second-order valence-corrected chi connectivity index (χ2v) is 3.75. The summed E-state index contributed by atoms with van der Waals surface area (Å²) in [6.45, 7) is -0.299. The summed E-state index contributed by atoms with van der Waals surface area (Å²) < 4.78 is 0. The van der Waals surface area contributed by atoms with Crippen LogP contribution in [-0.4, -0.2) is 41.9 Å². The van der Waals surface area contributed by atoms with Gasteiger partial charge in [-0.15, -0.1) is 0 Å². The molecule has 0 heterocycles. The van der Waals surface area contributed by atoms with Crippen molar-refractivity contribution >= 4 is 17.7 Å². The van der Waals surface area contributed by atoms with Crippen molar-refractivity contribution in [1.82, 2.24) is 5.32 Å². The fraction of sp³-hybridized carbons (Fsp3) is 0.333. The van der Waals surface area contributed by atoms with Crippen LogP contribution in [0.5, 0.6) is 0 Å². The monoisotopic (exact) mass is 252 g/mol. The molecule has 0 fully saturated rings. The third-order valence-electron chi connectivity index (χ3n) is 2.46. The zero-order valence-electron chi connectivity index (χ0n) is 10.0. The van der Waals surface area contributed by atoms with E-state index in [0.29, 0.717) is 5.69 Å². The number of carbonyl (C=O) groups is 2. The Morgan fingerprint density at radius 2 is 1.94 bits per heavy atom. The highest BCUT2D eigenvalue weighted by Crippen LogP contribution is 2.11. The van der Waals surface area contributed by atoms with Crippen LogP contribution in [0.2, 0.25) is 0 Å². The van der Waals surface area contributed by atoms with Gasteiger partial charge in [-0.2, -0.15) is 0 Å². The van der Waals surface area contributed by atoms with Gasteiger partial charge in [0.25, 0.3) is 0 Å². The van der Waals surface area contributed by atoms with E-state index >= 15 is 0 Å². The Balaban J connectivity index is 2.67. The maximum atomic E-state index is 11.8. The zero-order chi connectivity index (χ0) is 13.5. The molecule has 98 valence electrons. The number of hydrogen-bond acceptors (Lipinski definition) is 3. The van der Waals surface area contributed by atoms with Gasteiger partial charge in [-0.25, -0.2) is 9.59 Å². The van der Waals surface area contributed by atoms with Gasteiger partial charge in [-0.3, -0.25) is 4.90 Å². The van der Waals surface area contributed by atoms with Crippen molar-refractivity contribution in [2.24, 2.45) is 0 Å². The Morgan fingerprint density at radius 3 is 2.44 bits per heavy atom. The predicted molar refractivity (Wildman–Crippen MR) is 66.5 cm³/mol. The van der Waals surface area contributed by atoms with Gasteiger partial charge >= 0.3 is 12.0 Å². The fourth-order valence-electron chi connectivity index (χ4n) is 1.40. The highest BCUT2D eigenvalue weighted by Gasteiger charge is 2.21. The van der Waals surface area contributed by atoms with Gasteiger partial charge in [0.15, 0.2) is 0 Å². The maximum Gasteiger partial charge on any atom is 0.326 e. The van der Waals surface area contributed by atoms with Gasteiger partial charge in [-0.05, 0) is 12.1 Å². The first kappa shape index (κ1) is 14.0. The first-order valence-electron chi connectivity index (χ1n) is 5.49. The van der Waals surface area contributed by atoms with E-state index < -0.39 is 18.0 Å². The molecule has 0 aromatic heterocycles. The molecule has 6 heteroatoms. The number of carbonyl (C=O) groups excluding carboxylic acids is 1. The highest BCUT2D eigenvalue weighted by molar-refractivity contribution is 5.93. The largest absolute Gasteiger partial charge is 0.480 e. The lowest BCUT2D eigenvalue weighted by atomic mass is 10.2. The van der Waals surface area contributed by atoms with Crippen LogP contribution in [0.25, 0.3) is 0 Å². The van der Waals surface area contributed by atoms with E-state index in [0.717, 1.165) is 0 Å². The Bertz CT molecular complexity index is 408. The number of rotatable bonds is 5. The Labute approximate surface area is 105 Å². The molecule has 0 saturated heterocycles. The summed E-state index contributed by atoms with van der Waals surface area (Å²) >= 11 is 0. The van der Waals surface area contributed by atoms with Crippen molar-refractivity contribution in [3.8, 4) is 0 Å². The summed E-state index contributed by atoms with van der Waals surface area (Å²) in [7, 11) is 1.54. The number of hydrogen-bond donors (Lipinski definition) is 3. The molecule has 18 heavy (non-hydrogen) atoms. The summed E-state index contributed by atoms with van der Waals surface area (Å²) in [6.07, 6.45) is -0.0241. The number of carboxylic acid groups (broad SMARTS) is 1. The highest BCUT2D eigenvalue weighted by atomic mass is 16.4. The minimum absolute atomic E-state index is 0.0241. The smallest absolute Gasteiger partial charge is 0.326 e. The van der Waals surface area contributed by atoms with E-state index in [9.17, 15) is 9.59 Å². The van der Waals surface area contributed by atoms with E-state index in [1.807, 2.05) is 6.07 Å². The summed E-state index contributed by atoms with van der Waals surface area (Å²) in [5, 5.41) is 19.9. The molecular formula is C12H16N2O4. The molecule has 1 rings (SSSR count). The summed E-state index contributed by atoms with van der Waals surface area (Å²) in [5.41, 5.74) is 0.656. The number of para-hydroxylation sites is 1. The Morgan fingerprint density at radius 1 is 1.33 bits per heavy atom. The lowest BCUT2D eigenvalue weighted by molar-refractivity contribution is -0.139. The molecule has 1 unspecified atom stereocenters. The normalized spacial score (nSPS) is 11.7. The molecule has 0 spiro atoms. The zero-order valence-corrected chi connectivity index (χ0v) is 10.0. The van der Waals surface area contributed by atoms with Crippen LogP contribution in [0.4, 0.5) is 10.5 Å². The van der Waals surface area contributed by atoms with Crippen molar-refractivity contribution < 1.29 is 19.8 Å². The van der Waals surface area contributed by atoms with Gasteiger partial charge in [0.05, 0.1) is 0 Å². The summed E-state index contributed by atoms with van der Waals surface area (Å²) in [4.78, 5) is 24.0. The lowest BCUT2D eigenvalue weighted by Crippen LogP contribution is -2.47. The number of nitrogens with zero attached hydrogens (tertiary/aromatic N) is 1. The number of aliphatic carboxylic acids is 1. The molecule has 1 aromatic rings. The average Bonchev–Trinajstić information content (AvgIpc) is 2.38. The van der Waals surface area contributed by atoms with Crippen molar-refractivity contribution in [2.75, 3.05) is 18.6 Å². The van der Waals surface area contributed by atoms with E-state index in [2.05, 4.69) is 5.32 Å². The molecule has 2 amide bonds. The molecule has 1 aromatic carbocycles. The maximum absolute atomic E-state index is 11.8. The second-order valence-electron chi connectivity index (χ2n) is 3.75. The number of nitrogens with one attached hydrogen (secondary N) is 1. The van der Waals surface area contributed by atoms with Crippen molar-refractivity contribution in [3.05, 3.63) is 30.3 Å². The number of carboxylic acids is 1. The van der Waals surface area contributed by atoms with Crippen molar-refractivity contribution in [2.45, 2.75) is 12.5 Å². The van der Waals surface area contributed by atoms with E-state index in [1.165, 1.54) is 4.90 Å². The lowest BCUT2D eigenvalue weighted by Gasteiger charge is -2.21. The quantitative estimate of drug-likeness (QED) is 0.718. The molecule has 3 N–H and O–H groups in total.